The molecule has 122 valence electrons. The van der Waals surface area contributed by atoms with Gasteiger partial charge in [-0.3, -0.25) is 4.79 Å². The van der Waals surface area contributed by atoms with Gasteiger partial charge in [0.15, 0.2) is 6.10 Å². The number of ether oxygens (including phenoxy) is 1. The van der Waals surface area contributed by atoms with Crippen molar-refractivity contribution in [3.8, 4) is 5.75 Å². The third-order valence-electron chi connectivity index (χ3n) is 3.48. The third kappa shape index (κ3) is 4.98. The van der Waals surface area contributed by atoms with Crippen molar-refractivity contribution in [2.24, 2.45) is 5.73 Å². The van der Waals surface area contributed by atoms with Crippen LogP contribution >= 0.6 is 11.6 Å². The Morgan fingerprint density at radius 3 is 2.65 bits per heavy atom. The van der Waals surface area contributed by atoms with Crippen LogP contribution in [-0.4, -0.2) is 18.6 Å². The zero-order chi connectivity index (χ0) is 16.8. The Morgan fingerprint density at radius 2 is 1.96 bits per heavy atom. The summed E-state index contributed by atoms with van der Waals surface area (Å²) in [6, 6.07) is 14.8. The average Bonchev–Trinajstić information content (AvgIpc) is 2.56. The highest BCUT2D eigenvalue weighted by atomic mass is 35.5. The normalized spacial score (nSPS) is 13.2. The first kappa shape index (κ1) is 17.3. The number of benzene rings is 2. The maximum Gasteiger partial charge on any atom is 0.260 e. The molecule has 0 spiro atoms. The molecule has 0 bridgehead atoms. The van der Waals surface area contributed by atoms with E-state index in [0.717, 1.165) is 11.1 Å². The molecule has 5 heteroatoms. The van der Waals surface area contributed by atoms with E-state index >= 15 is 0 Å². The summed E-state index contributed by atoms with van der Waals surface area (Å²) in [7, 11) is 0. The van der Waals surface area contributed by atoms with Crippen LogP contribution in [0.2, 0.25) is 5.02 Å². The zero-order valence-electron chi connectivity index (χ0n) is 13.3. The minimum Gasteiger partial charge on any atom is -0.479 e. The van der Waals surface area contributed by atoms with Gasteiger partial charge in [0.1, 0.15) is 5.75 Å². The van der Waals surface area contributed by atoms with Crippen LogP contribution in [0, 0.1) is 6.92 Å². The Kier molecular flexibility index (Phi) is 6.02. The van der Waals surface area contributed by atoms with Crippen LogP contribution < -0.4 is 15.8 Å². The molecule has 0 saturated heterocycles. The number of nitrogens with two attached hydrogens (primary N) is 1. The minimum absolute atomic E-state index is 0.228. The van der Waals surface area contributed by atoms with Gasteiger partial charge in [0, 0.05) is 12.6 Å². The van der Waals surface area contributed by atoms with Crippen LogP contribution in [0.4, 0.5) is 0 Å². The maximum atomic E-state index is 12.1. The summed E-state index contributed by atoms with van der Waals surface area (Å²) in [4.78, 5) is 12.1. The van der Waals surface area contributed by atoms with Crippen molar-refractivity contribution in [1.82, 2.24) is 5.32 Å². The maximum absolute atomic E-state index is 12.1. The average molecular weight is 333 g/mol. The summed E-state index contributed by atoms with van der Waals surface area (Å²) in [5.41, 5.74) is 8.06. The van der Waals surface area contributed by atoms with E-state index in [1.54, 1.807) is 13.0 Å². The highest BCUT2D eigenvalue weighted by Gasteiger charge is 2.17. The first-order chi connectivity index (χ1) is 11.0. The van der Waals surface area contributed by atoms with Crippen LogP contribution in [0.15, 0.2) is 48.5 Å². The summed E-state index contributed by atoms with van der Waals surface area (Å²) in [5, 5.41) is 3.29. The molecule has 0 aromatic heterocycles. The monoisotopic (exact) mass is 332 g/mol. The topological polar surface area (TPSA) is 64.3 Å². The molecule has 0 aliphatic heterocycles. The van der Waals surface area contributed by atoms with Gasteiger partial charge in [-0.05, 0) is 37.1 Å². The van der Waals surface area contributed by atoms with Crippen molar-refractivity contribution >= 4 is 17.5 Å². The lowest BCUT2D eigenvalue weighted by molar-refractivity contribution is -0.127. The summed E-state index contributed by atoms with van der Waals surface area (Å²) in [5.74, 6) is 0.274. The number of carbonyl (C=O) groups excluding carboxylic acids is 1. The molecule has 4 nitrogen and oxygen atoms in total. The lowest BCUT2D eigenvalue weighted by atomic mass is 10.1. The van der Waals surface area contributed by atoms with Crippen LogP contribution in [0.5, 0.6) is 5.75 Å². The van der Waals surface area contributed by atoms with Crippen molar-refractivity contribution in [2.75, 3.05) is 6.54 Å². The van der Waals surface area contributed by atoms with Crippen molar-refractivity contribution in [3.05, 3.63) is 64.7 Å². The molecule has 23 heavy (non-hydrogen) atoms. The van der Waals surface area contributed by atoms with Gasteiger partial charge in [0.2, 0.25) is 0 Å². The second-order valence-electron chi connectivity index (χ2n) is 5.46. The first-order valence-corrected chi connectivity index (χ1v) is 7.86. The van der Waals surface area contributed by atoms with Crippen molar-refractivity contribution in [1.29, 1.82) is 0 Å². The minimum atomic E-state index is -0.655. The number of hydrogen-bond donors (Lipinski definition) is 2. The van der Waals surface area contributed by atoms with E-state index < -0.39 is 6.10 Å². The van der Waals surface area contributed by atoms with Gasteiger partial charge in [-0.15, -0.1) is 0 Å². The Bertz CT molecular complexity index is 661. The predicted octanol–water partition coefficient (Wildman–Crippen LogP) is 3.23. The molecular formula is C18H21ClN2O2. The fourth-order valence-corrected chi connectivity index (χ4v) is 2.28. The van der Waals surface area contributed by atoms with Gasteiger partial charge in [0.25, 0.3) is 5.91 Å². The first-order valence-electron chi connectivity index (χ1n) is 7.48. The quantitative estimate of drug-likeness (QED) is 0.853. The van der Waals surface area contributed by atoms with Crippen LogP contribution in [0.3, 0.4) is 0 Å². The molecule has 0 heterocycles. The molecule has 2 atom stereocenters. The summed E-state index contributed by atoms with van der Waals surface area (Å²) >= 11 is 6.08. The standard InChI is InChI=1S/C18H21ClN2O2/c1-12-8-9-15(19)17(10-12)23-13(2)18(22)21-11-16(20)14-6-4-3-5-7-14/h3-10,13,16H,11,20H2,1-2H3,(H,21,22). The summed E-state index contributed by atoms with van der Waals surface area (Å²) in [6.07, 6.45) is -0.655. The zero-order valence-corrected chi connectivity index (χ0v) is 14.0. The number of nitrogens with one attached hydrogen (secondary N) is 1. The van der Waals surface area contributed by atoms with E-state index in [1.165, 1.54) is 0 Å². The number of rotatable bonds is 6. The fraction of sp³-hybridized carbons (Fsp3) is 0.278. The molecule has 2 rings (SSSR count). The van der Waals surface area contributed by atoms with E-state index in [9.17, 15) is 4.79 Å². The lowest BCUT2D eigenvalue weighted by Crippen LogP contribution is -2.40. The number of aryl methyl sites for hydroxylation is 1. The molecule has 0 aliphatic carbocycles. The van der Waals surface area contributed by atoms with Crippen molar-refractivity contribution in [3.63, 3.8) is 0 Å². The lowest BCUT2D eigenvalue weighted by Gasteiger charge is -2.18. The van der Waals surface area contributed by atoms with E-state index in [1.807, 2.05) is 49.4 Å². The van der Waals surface area contributed by atoms with E-state index in [2.05, 4.69) is 5.32 Å². The van der Waals surface area contributed by atoms with E-state index in [-0.39, 0.29) is 11.9 Å². The molecule has 2 aromatic rings. The Morgan fingerprint density at radius 1 is 1.26 bits per heavy atom. The highest BCUT2D eigenvalue weighted by Crippen LogP contribution is 2.26. The smallest absolute Gasteiger partial charge is 0.260 e. The highest BCUT2D eigenvalue weighted by molar-refractivity contribution is 6.32. The fourth-order valence-electron chi connectivity index (χ4n) is 2.12. The van der Waals surface area contributed by atoms with Crippen molar-refractivity contribution < 1.29 is 9.53 Å². The molecule has 0 aliphatic rings. The van der Waals surface area contributed by atoms with Gasteiger partial charge < -0.3 is 15.8 Å². The molecular weight excluding hydrogens is 312 g/mol. The second-order valence-corrected chi connectivity index (χ2v) is 5.86. The SMILES string of the molecule is Cc1ccc(Cl)c(OC(C)C(=O)NCC(N)c2ccccc2)c1. The van der Waals surface area contributed by atoms with Gasteiger partial charge in [-0.2, -0.15) is 0 Å². The molecule has 3 N–H and O–H groups in total. The number of halogens is 1. The molecule has 0 radical (unpaired) electrons. The van der Waals surface area contributed by atoms with Crippen LogP contribution in [0.1, 0.15) is 24.1 Å². The van der Waals surface area contributed by atoms with E-state index in [4.69, 9.17) is 22.1 Å². The van der Waals surface area contributed by atoms with Crippen LogP contribution in [-0.2, 0) is 4.79 Å². The largest absolute Gasteiger partial charge is 0.479 e. The molecule has 1 amide bonds. The van der Waals surface area contributed by atoms with Gasteiger partial charge in [0.05, 0.1) is 5.02 Å². The molecule has 0 saturated carbocycles. The molecule has 0 fully saturated rings. The third-order valence-corrected chi connectivity index (χ3v) is 3.80. The van der Waals surface area contributed by atoms with E-state index in [0.29, 0.717) is 17.3 Å². The Labute approximate surface area is 141 Å². The van der Waals surface area contributed by atoms with Crippen molar-refractivity contribution in [2.45, 2.75) is 26.0 Å². The predicted molar refractivity (Wildman–Crippen MR) is 92.7 cm³/mol. The van der Waals surface area contributed by atoms with Gasteiger partial charge in [-0.1, -0.05) is 48.0 Å². The van der Waals surface area contributed by atoms with Gasteiger partial charge >= 0.3 is 0 Å². The summed E-state index contributed by atoms with van der Waals surface area (Å²) < 4.78 is 5.64. The van der Waals surface area contributed by atoms with Crippen LogP contribution in [0.25, 0.3) is 0 Å². The summed E-state index contributed by atoms with van der Waals surface area (Å²) in [6.45, 7) is 3.97. The second kappa shape index (κ2) is 7.99. The molecule has 2 aromatic carbocycles. The Balaban J connectivity index is 1.89. The Hall–Kier alpha value is -2.04. The van der Waals surface area contributed by atoms with Gasteiger partial charge in [-0.25, -0.2) is 0 Å². The molecule has 2 unspecified atom stereocenters. The number of hydrogen-bond acceptors (Lipinski definition) is 3. The number of amides is 1. The number of carbonyl (C=O) groups is 1.